The summed E-state index contributed by atoms with van der Waals surface area (Å²) in [4.78, 5) is 9.88. The highest BCUT2D eigenvalue weighted by molar-refractivity contribution is 6.16. The summed E-state index contributed by atoms with van der Waals surface area (Å²) < 4.78 is 0. The summed E-state index contributed by atoms with van der Waals surface area (Å²) in [7, 11) is 0. The standard InChI is InChI=1S/C28H19N3/c1-2-10-18(11-3-1)31-27-21-14-6-8-16-23(21)29-25(27)19-12-4-5-13-20(19)26-28(31)22-15-7-9-17-24(22)30-26/h1-17,29-30H. The highest BCUT2D eigenvalue weighted by atomic mass is 15.2. The zero-order valence-corrected chi connectivity index (χ0v) is 16.8. The minimum absolute atomic E-state index is 1.14. The van der Waals surface area contributed by atoms with E-state index in [-0.39, 0.29) is 0 Å². The molecule has 6 aromatic rings. The van der Waals surface area contributed by atoms with Gasteiger partial charge in [-0.2, -0.15) is 0 Å². The van der Waals surface area contributed by atoms with Crippen LogP contribution < -0.4 is 4.90 Å². The Hall–Kier alpha value is -4.24. The van der Waals surface area contributed by atoms with Gasteiger partial charge in [-0.05, 0) is 24.3 Å². The zero-order chi connectivity index (χ0) is 20.4. The fourth-order valence-electron chi connectivity index (χ4n) is 4.97. The lowest BCUT2D eigenvalue weighted by atomic mass is 10.0. The third kappa shape index (κ3) is 2.23. The normalized spacial score (nSPS) is 12.5. The van der Waals surface area contributed by atoms with Crippen LogP contribution in [0.25, 0.3) is 44.3 Å². The molecule has 1 aliphatic rings. The van der Waals surface area contributed by atoms with Gasteiger partial charge in [0, 0.05) is 38.6 Å². The molecule has 0 saturated carbocycles. The number of nitrogens with zero attached hydrogens (tertiary/aromatic N) is 1. The molecule has 0 radical (unpaired) electrons. The molecule has 0 spiro atoms. The summed E-state index contributed by atoms with van der Waals surface area (Å²) in [5.41, 5.74) is 10.5. The molecule has 0 bridgehead atoms. The van der Waals surface area contributed by atoms with Crippen molar-refractivity contribution in [2.24, 2.45) is 0 Å². The molecule has 0 aliphatic carbocycles. The molecule has 2 aromatic heterocycles. The number of H-pyrrole nitrogens is 2. The number of rotatable bonds is 1. The quantitative estimate of drug-likeness (QED) is 0.292. The van der Waals surface area contributed by atoms with Crippen LogP contribution in [-0.4, -0.2) is 9.97 Å². The van der Waals surface area contributed by atoms with Crippen LogP contribution in [0.4, 0.5) is 17.1 Å². The lowest BCUT2D eigenvalue weighted by Crippen LogP contribution is -2.09. The fourth-order valence-corrected chi connectivity index (χ4v) is 4.97. The van der Waals surface area contributed by atoms with Gasteiger partial charge in [0.2, 0.25) is 0 Å². The molecule has 0 unspecified atom stereocenters. The number of hydrogen-bond acceptors (Lipinski definition) is 1. The number of fused-ring (bicyclic) bond motifs is 9. The lowest BCUT2D eigenvalue weighted by molar-refractivity contribution is 1.31. The summed E-state index contributed by atoms with van der Waals surface area (Å²) in [6, 6.07) is 36.5. The Balaban J connectivity index is 1.73. The molecule has 2 N–H and O–H groups in total. The molecule has 31 heavy (non-hydrogen) atoms. The van der Waals surface area contributed by atoms with Crippen LogP contribution in [0, 0.1) is 0 Å². The molecule has 0 amide bonds. The first-order valence-corrected chi connectivity index (χ1v) is 10.6. The molecule has 3 heterocycles. The minimum Gasteiger partial charge on any atom is -0.353 e. The van der Waals surface area contributed by atoms with Gasteiger partial charge in [-0.15, -0.1) is 0 Å². The molecule has 3 nitrogen and oxygen atoms in total. The Kier molecular flexibility index (Phi) is 3.27. The van der Waals surface area contributed by atoms with Crippen molar-refractivity contribution in [1.29, 1.82) is 0 Å². The predicted octanol–water partition coefficient (Wildman–Crippen LogP) is 7.77. The molecular weight excluding hydrogens is 378 g/mol. The molecule has 146 valence electrons. The van der Waals surface area contributed by atoms with Crippen LogP contribution >= 0.6 is 0 Å². The van der Waals surface area contributed by atoms with Crippen molar-refractivity contribution in [2.75, 3.05) is 4.90 Å². The van der Waals surface area contributed by atoms with E-state index >= 15 is 0 Å². The smallest absolute Gasteiger partial charge is 0.0798 e. The number of anilines is 3. The van der Waals surface area contributed by atoms with Crippen molar-refractivity contribution in [3.63, 3.8) is 0 Å². The molecule has 0 atom stereocenters. The number of nitrogens with one attached hydrogen (secondary N) is 2. The van der Waals surface area contributed by atoms with E-state index in [4.69, 9.17) is 0 Å². The Morgan fingerprint density at radius 2 is 0.903 bits per heavy atom. The Bertz CT molecular complexity index is 1490. The topological polar surface area (TPSA) is 34.8 Å². The molecule has 0 saturated heterocycles. The number of aromatic nitrogens is 2. The molecule has 1 aliphatic heterocycles. The summed E-state index contributed by atoms with van der Waals surface area (Å²) in [6.45, 7) is 0. The second-order valence-electron chi connectivity index (χ2n) is 8.00. The zero-order valence-electron chi connectivity index (χ0n) is 16.8. The maximum absolute atomic E-state index is 3.73. The van der Waals surface area contributed by atoms with Gasteiger partial charge in [0.1, 0.15) is 0 Å². The van der Waals surface area contributed by atoms with E-state index in [2.05, 4.69) is 118 Å². The fraction of sp³-hybridized carbons (Fsp3) is 0. The number of benzene rings is 4. The van der Waals surface area contributed by atoms with E-state index in [0.717, 1.165) is 28.1 Å². The second kappa shape index (κ2) is 6.13. The number of hydrogen-bond donors (Lipinski definition) is 2. The van der Waals surface area contributed by atoms with Gasteiger partial charge < -0.3 is 14.9 Å². The Labute approximate surface area is 179 Å². The molecule has 3 heteroatoms. The summed E-state index contributed by atoms with van der Waals surface area (Å²) in [5, 5.41) is 2.43. The third-order valence-corrected chi connectivity index (χ3v) is 6.28. The maximum atomic E-state index is 3.73. The van der Waals surface area contributed by atoms with Crippen LogP contribution in [-0.2, 0) is 0 Å². The van der Waals surface area contributed by atoms with Crippen molar-refractivity contribution in [1.82, 2.24) is 9.97 Å². The van der Waals surface area contributed by atoms with Crippen molar-refractivity contribution in [3.05, 3.63) is 103 Å². The average Bonchev–Trinajstić information content (AvgIpc) is 3.37. The van der Waals surface area contributed by atoms with Crippen molar-refractivity contribution in [2.45, 2.75) is 0 Å². The predicted molar refractivity (Wildman–Crippen MR) is 129 cm³/mol. The van der Waals surface area contributed by atoms with Gasteiger partial charge in [-0.25, -0.2) is 0 Å². The van der Waals surface area contributed by atoms with Crippen molar-refractivity contribution < 1.29 is 0 Å². The molecule has 4 aromatic carbocycles. The SMILES string of the molecule is c1ccc(N2c3c([nH]c4ccccc34)-c3ccccc3-c3[nH]c4ccccc4c32)cc1. The number of aromatic amines is 2. The highest BCUT2D eigenvalue weighted by Crippen LogP contribution is 2.54. The van der Waals surface area contributed by atoms with Crippen molar-refractivity contribution in [3.8, 4) is 22.5 Å². The van der Waals surface area contributed by atoms with E-state index in [0.29, 0.717) is 0 Å². The molecular formula is C28H19N3. The van der Waals surface area contributed by atoms with Crippen LogP contribution in [0.1, 0.15) is 0 Å². The first-order valence-electron chi connectivity index (χ1n) is 10.6. The van der Waals surface area contributed by atoms with Gasteiger partial charge in [0.05, 0.1) is 22.8 Å². The minimum atomic E-state index is 1.14. The van der Waals surface area contributed by atoms with Crippen LogP contribution in [0.15, 0.2) is 103 Å². The van der Waals surface area contributed by atoms with Crippen molar-refractivity contribution >= 4 is 38.9 Å². The summed E-state index contributed by atoms with van der Waals surface area (Å²) in [6.07, 6.45) is 0. The van der Waals surface area contributed by atoms with Gasteiger partial charge in [-0.3, -0.25) is 0 Å². The van der Waals surface area contributed by atoms with Gasteiger partial charge in [0.15, 0.2) is 0 Å². The average molecular weight is 397 g/mol. The lowest BCUT2D eigenvalue weighted by Gasteiger charge is -2.25. The Morgan fingerprint density at radius 3 is 1.45 bits per heavy atom. The summed E-state index contributed by atoms with van der Waals surface area (Å²) >= 11 is 0. The largest absolute Gasteiger partial charge is 0.353 e. The van der Waals surface area contributed by atoms with E-state index in [1.807, 2.05) is 0 Å². The van der Waals surface area contributed by atoms with E-state index < -0.39 is 0 Å². The van der Waals surface area contributed by atoms with E-state index in [9.17, 15) is 0 Å². The van der Waals surface area contributed by atoms with Gasteiger partial charge in [-0.1, -0.05) is 78.9 Å². The maximum Gasteiger partial charge on any atom is 0.0798 e. The molecule has 0 fully saturated rings. The van der Waals surface area contributed by atoms with Crippen LogP contribution in [0.5, 0.6) is 0 Å². The first kappa shape index (κ1) is 16.5. The third-order valence-electron chi connectivity index (χ3n) is 6.28. The Morgan fingerprint density at radius 1 is 0.452 bits per heavy atom. The van der Waals surface area contributed by atoms with E-state index in [1.54, 1.807) is 0 Å². The van der Waals surface area contributed by atoms with Crippen LogP contribution in [0.3, 0.4) is 0 Å². The van der Waals surface area contributed by atoms with Gasteiger partial charge >= 0.3 is 0 Å². The summed E-state index contributed by atoms with van der Waals surface area (Å²) in [5.74, 6) is 0. The second-order valence-corrected chi connectivity index (χ2v) is 8.00. The van der Waals surface area contributed by atoms with Gasteiger partial charge in [0.25, 0.3) is 0 Å². The monoisotopic (exact) mass is 397 g/mol. The van der Waals surface area contributed by atoms with E-state index in [1.165, 1.54) is 33.3 Å². The number of para-hydroxylation sites is 3. The molecule has 7 rings (SSSR count). The van der Waals surface area contributed by atoms with Crippen LogP contribution in [0.2, 0.25) is 0 Å². The first-order chi connectivity index (χ1) is 15.4. The highest BCUT2D eigenvalue weighted by Gasteiger charge is 2.31.